The summed E-state index contributed by atoms with van der Waals surface area (Å²) in [6.45, 7) is 2.06. The molecule has 7 heteroatoms. The molecule has 1 aliphatic carbocycles. The molecule has 0 saturated heterocycles. The van der Waals surface area contributed by atoms with E-state index in [4.69, 9.17) is 0 Å². The number of carbonyl (C=O) groups is 1. The maximum absolute atomic E-state index is 13.7. The molecule has 1 aliphatic rings. The molecule has 114 valence electrons. The summed E-state index contributed by atoms with van der Waals surface area (Å²) in [5, 5.41) is 13.9. The Morgan fingerprint density at radius 2 is 2.29 bits per heavy atom. The monoisotopic (exact) mass is 312 g/mol. The minimum absolute atomic E-state index is 0.00103. The van der Waals surface area contributed by atoms with Crippen molar-refractivity contribution in [3.63, 3.8) is 0 Å². The molecular formula is C14H17FN2O3S. The molecule has 1 saturated carbocycles. The maximum Gasteiger partial charge on any atom is 0.270 e. The quantitative estimate of drug-likeness (QED) is 0.669. The number of non-ortho nitro benzene ring substituents is 1. The van der Waals surface area contributed by atoms with Crippen molar-refractivity contribution < 1.29 is 14.1 Å². The Hall–Kier alpha value is -1.63. The van der Waals surface area contributed by atoms with Crippen molar-refractivity contribution in [2.75, 3.05) is 5.75 Å². The number of carbonyl (C=O) groups excluding carboxylic acids is 1. The molecule has 2 rings (SSSR count). The lowest BCUT2D eigenvalue weighted by molar-refractivity contribution is -0.384. The molecule has 0 radical (unpaired) electrons. The van der Waals surface area contributed by atoms with E-state index in [1.54, 1.807) is 11.8 Å². The first-order valence-corrected chi connectivity index (χ1v) is 7.94. The largest absolute Gasteiger partial charge is 0.348 e. The molecule has 21 heavy (non-hydrogen) atoms. The van der Waals surface area contributed by atoms with Gasteiger partial charge in [-0.2, -0.15) is 11.8 Å². The van der Waals surface area contributed by atoms with Gasteiger partial charge >= 0.3 is 0 Å². The van der Waals surface area contributed by atoms with Crippen LogP contribution in [0.4, 0.5) is 10.1 Å². The Labute approximate surface area is 126 Å². The van der Waals surface area contributed by atoms with E-state index in [-0.39, 0.29) is 17.3 Å². The molecule has 2 unspecified atom stereocenters. The molecule has 1 amide bonds. The third-order valence-electron chi connectivity index (χ3n) is 3.56. The molecule has 1 aromatic carbocycles. The molecule has 1 N–H and O–H groups in total. The molecular weight excluding hydrogens is 295 g/mol. The summed E-state index contributed by atoms with van der Waals surface area (Å²) in [6, 6.07) is 3.00. The number of hydrogen-bond acceptors (Lipinski definition) is 4. The zero-order valence-electron chi connectivity index (χ0n) is 11.7. The lowest BCUT2D eigenvalue weighted by Crippen LogP contribution is -2.39. The van der Waals surface area contributed by atoms with E-state index >= 15 is 0 Å². The van der Waals surface area contributed by atoms with Gasteiger partial charge in [-0.1, -0.05) is 13.3 Å². The Kier molecular flexibility index (Phi) is 5.17. The number of nitrogens with one attached hydrogen (secondary N) is 1. The van der Waals surface area contributed by atoms with Crippen molar-refractivity contribution >= 4 is 23.4 Å². The fourth-order valence-corrected chi connectivity index (χ4v) is 3.75. The summed E-state index contributed by atoms with van der Waals surface area (Å²) in [7, 11) is 0. The molecule has 2 atom stereocenters. The van der Waals surface area contributed by atoms with E-state index in [1.165, 1.54) is 0 Å². The minimum atomic E-state index is -0.740. The topological polar surface area (TPSA) is 72.2 Å². The SMILES string of the molecule is CCSC1CCCC1NC(=O)c1cc([N+](=O)[O-])ccc1F. The summed E-state index contributed by atoms with van der Waals surface area (Å²) in [6.07, 6.45) is 2.92. The molecule has 5 nitrogen and oxygen atoms in total. The molecule has 1 fully saturated rings. The summed E-state index contributed by atoms with van der Waals surface area (Å²) in [5.74, 6) is -0.358. The molecule has 0 heterocycles. The van der Waals surface area contributed by atoms with Crippen LogP contribution >= 0.6 is 11.8 Å². The van der Waals surface area contributed by atoms with E-state index in [9.17, 15) is 19.3 Å². The van der Waals surface area contributed by atoms with E-state index in [0.29, 0.717) is 5.25 Å². The highest BCUT2D eigenvalue weighted by Crippen LogP contribution is 2.30. The smallest absolute Gasteiger partial charge is 0.270 e. The fraction of sp³-hybridized carbons (Fsp3) is 0.500. The number of thioether (sulfide) groups is 1. The number of amides is 1. The first-order valence-electron chi connectivity index (χ1n) is 6.89. The van der Waals surface area contributed by atoms with Gasteiger partial charge in [-0.05, 0) is 24.7 Å². The Morgan fingerprint density at radius 1 is 1.52 bits per heavy atom. The van der Waals surface area contributed by atoms with Crippen LogP contribution < -0.4 is 5.32 Å². The van der Waals surface area contributed by atoms with Crippen molar-refractivity contribution in [3.8, 4) is 0 Å². The van der Waals surface area contributed by atoms with Crippen LogP contribution in [0.2, 0.25) is 0 Å². The standard InChI is InChI=1S/C14H17FN2O3S/c1-2-21-13-5-3-4-12(13)16-14(18)10-8-9(17(19)20)6-7-11(10)15/h6-8,12-13H,2-5H2,1H3,(H,16,18). The first-order chi connectivity index (χ1) is 10.0. The third kappa shape index (κ3) is 3.72. The van der Waals surface area contributed by atoms with Crippen LogP contribution in [0.25, 0.3) is 0 Å². The van der Waals surface area contributed by atoms with Gasteiger partial charge in [0.05, 0.1) is 10.5 Å². The number of hydrogen-bond donors (Lipinski definition) is 1. The second-order valence-corrected chi connectivity index (χ2v) is 6.44. The molecule has 0 spiro atoms. The van der Waals surface area contributed by atoms with Gasteiger partial charge in [-0.25, -0.2) is 4.39 Å². The van der Waals surface area contributed by atoms with E-state index < -0.39 is 16.6 Å². The van der Waals surface area contributed by atoms with Crippen molar-refractivity contribution in [2.24, 2.45) is 0 Å². The summed E-state index contributed by atoms with van der Waals surface area (Å²) in [4.78, 5) is 22.2. The number of nitro benzene ring substituents is 1. The number of benzene rings is 1. The van der Waals surface area contributed by atoms with E-state index in [0.717, 1.165) is 43.2 Å². The average molecular weight is 312 g/mol. The fourth-order valence-electron chi connectivity index (χ4n) is 2.55. The van der Waals surface area contributed by atoms with Gasteiger partial charge in [0.15, 0.2) is 0 Å². The van der Waals surface area contributed by atoms with E-state index in [2.05, 4.69) is 12.2 Å². The number of rotatable bonds is 5. The summed E-state index contributed by atoms with van der Waals surface area (Å²) >= 11 is 1.78. The van der Waals surface area contributed by atoms with Gasteiger partial charge in [0.1, 0.15) is 5.82 Å². The lowest BCUT2D eigenvalue weighted by atomic mass is 10.1. The van der Waals surface area contributed by atoms with Crippen molar-refractivity contribution in [2.45, 2.75) is 37.5 Å². The maximum atomic E-state index is 13.7. The zero-order chi connectivity index (χ0) is 15.4. The predicted octanol–water partition coefficient (Wildman–Crippen LogP) is 3.14. The van der Waals surface area contributed by atoms with Gasteiger partial charge in [0.2, 0.25) is 0 Å². The van der Waals surface area contributed by atoms with Crippen LogP contribution in [0.1, 0.15) is 36.5 Å². The Balaban J connectivity index is 2.13. The second-order valence-electron chi connectivity index (χ2n) is 4.93. The Bertz CT molecular complexity index is 553. The highest BCUT2D eigenvalue weighted by molar-refractivity contribution is 7.99. The van der Waals surface area contributed by atoms with Crippen LogP contribution in [0, 0.1) is 15.9 Å². The minimum Gasteiger partial charge on any atom is -0.348 e. The van der Waals surface area contributed by atoms with Crippen LogP contribution in [0.5, 0.6) is 0 Å². The van der Waals surface area contributed by atoms with Gasteiger partial charge in [0, 0.05) is 23.4 Å². The first kappa shape index (κ1) is 15.8. The van der Waals surface area contributed by atoms with Crippen molar-refractivity contribution in [1.29, 1.82) is 0 Å². The predicted molar refractivity (Wildman–Crippen MR) is 80.1 cm³/mol. The molecule has 0 aliphatic heterocycles. The van der Waals surface area contributed by atoms with Gasteiger partial charge in [-0.3, -0.25) is 14.9 Å². The van der Waals surface area contributed by atoms with E-state index in [1.807, 2.05) is 0 Å². The van der Waals surface area contributed by atoms with Crippen LogP contribution in [0.3, 0.4) is 0 Å². The second kappa shape index (κ2) is 6.89. The zero-order valence-corrected chi connectivity index (χ0v) is 12.5. The lowest BCUT2D eigenvalue weighted by Gasteiger charge is -2.20. The van der Waals surface area contributed by atoms with Gasteiger partial charge in [-0.15, -0.1) is 0 Å². The van der Waals surface area contributed by atoms with Gasteiger partial charge in [0.25, 0.3) is 11.6 Å². The normalized spacial score (nSPS) is 21.2. The number of halogens is 1. The van der Waals surface area contributed by atoms with Crippen molar-refractivity contribution in [3.05, 3.63) is 39.7 Å². The average Bonchev–Trinajstić information content (AvgIpc) is 2.86. The summed E-state index contributed by atoms with van der Waals surface area (Å²) in [5.41, 5.74) is -0.552. The highest BCUT2D eigenvalue weighted by atomic mass is 32.2. The highest BCUT2D eigenvalue weighted by Gasteiger charge is 2.29. The number of nitro groups is 1. The number of nitrogens with zero attached hydrogens (tertiary/aromatic N) is 1. The van der Waals surface area contributed by atoms with Crippen LogP contribution in [-0.4, -0.2) is 27.9 Å². The molecule has 1 aromatic rings. The van der Waals surface area contributed by atoms with Gasteiger partial charge < -0.3 is 5.32 Å². The van der Waals surface area contributed by atoms with Crippen LogP contribution in [0.15, 0.2) is 18.2 Å². The van der Waals surface area contributed by atoms with Crippen molar-refractivity contribution in [1.82, 2.24) is 5.32 Å². The van der Waals surface area contributed by atoms with Crippen LogP contribution in [-0.2, 0) is 0 Å². The summed E-state index contributed by atoms with van der Waals surface area (Å²) < 4.78 is 13.7. The third-order valence-corrected chi connectivity index (χ3v) is 4.88. The molecule has 0 aromatic heterocycles. The molecule has 0 bridgehead atoms. The Morgan fingerprint density at radius 3 is 2.95 bits per heavy atom.